The maximum absolute atomic E-state index is 6.18. The lowest BCUT2D eigenvalue weighted by Crippen LogP contribution is -2.26. The first-order valence-electron chi connectivity index (χ1n) is 7.22. The van der Waals surface area contributed by atoms with E-state index in [9.17, 15) is 0 Å². The fourth-order valence-corrected chi connectivity index (χ4v) is 3.62. The summed E-state index contributed by atoms with van der Waals surface area (Å²) >= 11 is 8.17. The molecule has 0 aromatic carbocycles. The molecule has 1 saturated carbocycles. The number of nitrogens with one attached hydrogen (secondary N) is 2. The number of imidazole rings is 1. The Balaban J connectivity index is 1.81. The molecule has 3 nitrogen and oxygen atoms in total. The maximum atomic E-state index is 6.18. The van der Waals surface area contributed by atoms with Gasteiger partial charge in [-0.05, 0) is 31.9 Å². The highest BCUT2D eigenvalue weighted by atomic mass is 35.5. The maximum Gasteiger partial charge on any atom is 0.151 e. The van der Waals surface area contributed by atoms with Crippen LogP contribution >= 0.6 is 23.4 Å². The van der Waals surface area contributed by atoms with Gasteiger partial charge < -0.3 is 10.3 Å². The summed E-state index contributed by atoms with van der Waals surface area (Å²) in [7, 11) is 0. The standard InChI is InChI=1S/C14H24ClN3S/c1-3-4-5-13-17-12(14(15)18-13)9-16-10-6-7-11(8-10)19-2/h10-11,16H,3-9H2,1-2H3,(H,17,18). The van der Waals surface area contributed by atoms with Gasteiger partial charge in [0.15, 0.2) is 5.15 Å². The number of unbranched alkanes of at least 4 members (excludes halogenated alkanes) is 1. The fourth-order valence-electron chi connectivity index (χ4n) is 2.61. The Morgan fingerprint density at radius 3 is 3.00 bits per heavy atom. The van der Waals surface area contributed by atoms with Crippen LogP contribution in [0, 0.1) is 0 Å². The van der Waals surface area contributed by atoms with Crippen LogP contribution in [0.5, 0.6) is 0 Å². The Morgan fingerprint density at radius 1 is 1.47 bits per heavy atom. The number of aromatic nitrogens is 2. The SMILES string of the molecule is CCCCc1nc(Cl)c(CNC2CCC(SC)C2)[nH]1. The molecule has 2 N–H and O–H groups in total. The van der Waals surface area contributed by atoms with Gasteiger partial charge in [0.1, 0.15) is 5.82 Å². The lowest BCUT2D eigenvalue weighted by molar-refractivity contribution is 0.521. The van der Waals surface area contributed by atoms with Gasteiger partial charge in [-0.3, -0.25) is 0 Å². The Morgan fingerprint density at radius 2 is 2.32 bits per heavy atom. The second kappa shape index (κ2) is 7.55. The molecule has 0 radical (unpaired) electrons. The molecule has 1 aromatic heterocycles. The molecule has 0 bridgehead atoms. The molecule has 1 aliphatic rings. The number of hydrogen-bond donors (Lipinski definition) is 2. The minimum Gasteiger partial charge on any atom is -0.344 e. The van der Waals surface area contributed by atoms with E-state index in [1.807, 2.05) is 11.8 Å². The number of aromatic amines is 1. The minimum absolute atomic E-state index is 0.635. The average molecular weight is 302 g/mol. The van der Waals surface area contributed by atoms with E-state index in [1.54, 1.807) is 0 Å². The zero-order valence-electron chi connectivity index (χ0n) is 11.8. The van der Waals surface area contributed by atoms with Gasteiger partial charge in [-0.15, -0.1) is 0 Å². The van der Waals surface area contributed by atoms with Crippen LogP contribution in [0.4, 0.5) is 0 Å². The average Bonchev–Trinajstić information content (AvgIpc) is 3.00. The van der Waals surface area contributed by atoms with Crippen molar-refractivity contribution >= 4 is 23.4 Å². The first kappa shape index (κ1) is 15.2. The van der Waals surface area contributed by atoms with E-state index in [1.165, 1.54) is 25.7 Å². The summed E-state index contributed by atoms with van der Waals surface area (Å²) in [4.78, 5) is 7.74. The van der Waals surface area contributed by atoms with E-state index in [0.29, 0.717) is 11.2 Å². The number of nitrogens with zero attached hydrogens (tertiary/aromatic N) is 1. The van der Waals surface area contributed by atoms with E-state index >= 15 is 0 Å². The van der Waals surface area contributed by atoms with Gasteiger partial charge in [-0.25, -0.2) is 4.98 Å². The van der Waals surface area contributed by atoms with E-state index in [2.05, 4.69) is 28.5 Å². The first-order valence-corrected chi connectivity index (χ1v) is 8.89. The quantitative estimate of drug-likeness (QED) is 0.805. The van der Waals surface area contributed by atoms with Crippen LogP contribution < -0.4 is 5.32 Å². The number of H-pyrrole nitrogens is 1. The summed E-state index contributed by atoms with van der Waals surface area (Å²) in [6.45, 7) is 3.00. The van der Waals surface area contributed by atoms with Gasteiger partial charge in [0.25, 0.3) is 0 Å². The van der Waals surface area contributed by atoms with Crippen LogP contribution in [0.25, 0.3) is 0 Å². The third kappa shape index (κ3) is 4.40. The predicted octanol–water partition coefficient (Wildman–Crippen LogP) is 3.78. The molecular formula is C14H24ClN3S. The number of hydrogen-bond acceptors (Lipinski definition) is 3. The molecule has 2 atom stereocenters. The molecule has 1 aromatic rings. The zero-order valence-corrected chi connectivity index (χ0v) is 13.4. The van der Waals surface area contributed by atoms with Crippen molar-refractivity contribution in [2.45, 2.75) is 63.3 Å². The van der Waals surface area contributed by atoms with Gasteiger partial charge in [0.05, 0.1) is 5.69 Å². The summed E-state index contributed by atoms with van der Waals surface area (Å²) in [5.41, 5.74) is 1.04. The van der Waals surface area contributed by atoms with Gasteiger partial charge in [0.2, 0.25) is 0 Å². The largest absolute Gasteiger partial charge is 0.344 e. The molecule has 0 spiro atoms. The summed E-state index contributed by atoms with van der Waals surface area (Å²) in [5.74, 6) is 1.03. The molecule has 1 heterocycles. The van der Waals surface area contributed by atoms with Crippen LogP contribution in [0.1, 0.15) is 50.5 Å². The molecule has 2 rings (SSSR count). The van der Waals surface area contributed by atoms with Crippen molar-refractivity contribution in [3.63, 3.8) is 0 Å². The van der Waals surface area contributed by atoms with Crippen LogP contribution in [0.2, 0.25) is 5.15 Å². The summed E-state index contributed by atoms with van der Waals surface area (Å²) in [6.07, 6.45) is 9.43. The van der Waals surface area contributed by atoms with Gasteiger partial charge in [0, 0.05) is 24.3 Å². The number of rotatable bonds is 7. The summed E-state index contributed by atoms with van der Waals surface area (Å²) in [6, 6.07) is 0.635. The van der Waals surface area contributed by atoms with Crippen LogP contribution in [0.15, 0.2) is 0 Å². The van der Waals surface area contributed by atoms with Crippen LogP contribution in [0.3, 0.4) is 0 Å². The minimum atomic E-state index is 0.635. The van der Waals surface area contributed by atoms with Gasteiger partial charge in [-0.1, -0.05) is 24.9 Å². The lowest BCUT2D eigenvalue weighted by Gasteiger charge is -2.11. The molecule has 0 saturated heterocycles. The first-order chi connectivity index (χ1) is 9.22. The van der Waals surface area contributed by atoms with Crippen molar-refractivity contribution in [1.82, 2.24) is 15.3 Å². The molecule has 0 amide bonds. The summed E-state index contributed by atoms with van der Waals surface area (Å²) < 4.78 is 0. The fraction of sp³-hybridized carbons (Fsp3) is 0.786. The van der Waals surface area contributed by atoms with Crippen molar-refractivity contribution in [2.24, 2.45) is 0 Å². The second-order valence-corrected chi connectivity index (χ2v) is 6.80. The monoisotopic (exact) mass is 301 g/mol. The number of halogens is 1. The molecule has 1 fully saturated rings. The van der Waals surface area contributed by atoms with Crippen molar-refractivity contribution in [2.75, 3.05) is 6.26 Å². The van der Waals surface area contributed by atoms with Crippen molar-refractivity contribution in [3.8, 4) is 0 Å². The van der Waals surface area contributed by atoms with Crippen molar-refractivity contribution < 1.29 is 0 Å². The number of thioether (sulfide) groups is 1. The van der Waals surface area contributed by atoms with Crippen molar-refractivity contribution in [3.05, 3.63) is 16.7 Å². The van der Waals surface area contributed by atoms with Gasteiger partial charge >= 0.3 is 0 Å². The predicted molar refractivity (Wildman–Crippen MR) is 84.0 cm³/mol. The summed E-state index contributed by atoms with van der Waals surface area (Å²) in [5, 5.41) is 5.07. The molecule has 1 aliphatic carbocycles. The van der Waals surface area contributed by atoms with E-state index in [0.717, 1.165) is 36.2 Å². The Hall–Kier alpha value is -0.190. The highest BCUT2D eigenvalue weighted by molar-refractivity contribution is 7.99. The van der Waals surface area contributed by atoms with Gasteiger partial charge in [-0.2, -0.15) is 11.8 Å². The third-order valence-electron chi connectivity index (χ3n) is 3.83. The Bertz CT molecular complexity index is 394. The lowest BCUT2D eigenvalue weighted by atomic mass is 10.2. The highest BCUT2D eigenvalue weighted by Gasteiger charge is 2.23. The molecule has 19 heavy (non-hydrogen) atoms. The zero-order chi connectivity index (χ0) is 13.7. The van der Waals surface area contributed by atoms with E-state index in [-0.39, 0.29) is 0 Å². The topological polar surface area (TPSA) is 40.7 Å². The van der Waals surface area contributed by atoms with Crippen LogP contribution in [-0.4, -0.2) is 27.5 Å². The molecule has 2 unspecified atom stereocenters. The van der Waals surface area contributed by atoms with Crippen molar-refractivity contribution in [1.29, 1.82) is 0 Å². The molecular weight excluding hydrogens is 278 g/mol. The molecule has 0 aliphatic heterocycles. The Labute approximate surface area is 125 Å². The molecule has 108 valence electrons. The number of aryl methyl sites for hydroxylation is 1. The normalized spacial score (nSPS) is 23.1. The highest BCUT2D eigenvalue weighted by Crippen LogP contribution is 2.28. The Kier molecular flexibility index (Phi) is 6.05. The molecule has 5 heteroatoms. The van der Waals surface area contributed by atoms with E-state index in [4.69, 9.17) is 11.6 Å². The second-order valence-electron chi connectivity index (χ2n) is 5.31. The van der Waals surface area contributed by atoms with Crippen LogP contribution in [-0.2, 0) is 13.0 Å². The van der Waals surface area contributed by atoms with E-state index < -0.39 is 0 Å². The smallest absolute Gasteiger partial charge is 0.151 e. The third-order valence-corrected chi connectivity index (χ3v) is 5.24.